The summed E-state index contributed by atoms with van der Waals surface area (Å²) in [6.45, 7) is 2.72. The molecule has 2 rings (SSSR count). The van der Waals surface area contributed by atoms with E-state index in [2.05, 4.69) is 23.9 Å². The zero-order valence-corrected chi connectivity index (χ0v) is 10.5. The number of halogens is 1. The summed E-state index contributed by atoms with van der Waals surface area (Å²) in [6, 6.07) is 5.53. The highest BCUT2D eigenvalue weighted by Gasteiger charge is 2.24. The Bertz CT molecular complexity index is 392. The zero-order valence-electron chi connectivity index (χ0n) is 10.5. The molecule has 1 aromatic carbocycles. The molecule has 1 saturated heterocycles. The van der Waals surface area contributed by atoms with Crippen molar-refractivity contribution in [2.45, 2.75) is 19.0 Å². The molecule has 1 aromatic rings. The van der Waals surface area contributed by atoms with Gasteiger partial charge in [-0.15, -0.1) is 0 Å². The van der Waals surface area contributed by atoms with Crippen molar-refractivity contribution >= 4 is 5.69 Å². The Morgan fingerprint density at radius 3 is 2.82 bits per heavy atom. The van der Waals surface area contributed by atoms with Crippen LogP contribution < -0.4 is 5.73 Å². The Balaban J connectivity index is 1.98. The van der Waals surface area contributed by atoms with Gasteiger partial charge in [0.1, 0.15) is 5.82 Å². The molecular formula is C13H20FN3. The van der Waals surface area contributed by atoms with Crippen LogP contribution in [0.5, 0.6) is 0 Å². The summed E-state index contributed by atoms with van der Waals surface area (Å²) in [5.74, 6) is -0.196. The van der Waals surface area contributed by atoms with Crippen molar-refractivity contribution in [3.63, 3.8) is 0 Å². The van der Waals surface area contributed by atoms with E-state index in [-0.39, 0.29) is 5.82 Å². The van der Waals surface area contributed by atoms with Crippen molar-refractivity contribution < 1.29 is 4.39 Å². The number of likely N-dealkylation sites (tertiary alicyclic amines) is 1. The Labute approximate surface area is 102 Å². The summed E-state index contributed by atoms with van der Waals surface area (Å²) < 4.78 is 13.6. The van der Waals surface area contributed by atoms with Gasteiger partial charge in [0.25, 0.3) is 0 Å². The fourth-order valence-electron chi connectivity index (χ4n) is 2.31. The lowest BCUT2D eigenvalue weighted by Gasteiger charge is -2.20. The molecule has 94 valence electrons. The molecule has 1 aliphatic heterocycles. The molecule has 0 aromatic heterocycles. The highest BCUT2D eigenvalue weighted by molar-refractivity contribution is 5.40. The third kappa shape index (κ3) is 2.96. The van der Waals surface area contributed by atoms with Crippen molar-refractivity contribution in [2.75, 3.05) is 32.9 Å². The molecular weight excluding hydrogens is 217 g/mol. The number of hydrogen-bond donors (Lipinski definition) is 1. The molecule has 1 aliphatic rings. The minimum absolute atomic E-state index is 0.196. The Kier molecular flexibility index (Phi) is 3.64. The van der Waals surface area contributed by atoms with Gasteiger partial charge in [-0.3, -0.25) is 4.90 Å². The first-order chi connectivity index (χ1) is 8.06. The second-order valence-corrected chi connectivity index (χ2v) is 4.99. The number of rotatable bonds is 3. The van der Waals surface area contributed by atoms with Gasteiger partial charge in [-0.25, -0.2) is 4.39 Å². The van der Waals surface area contributed by atoms with Gasteiger partial charge in [-0.1, -0.05) is 6.07 Å². The van der Waals surface area contributed by atoms with Gasteiger partial charge in [0.15, 0.2) is 0 Å². The van der Waals surface area contributed by atoms with Crippen molar-refractivity contribution in [1.29, 1.82) is 0 Å². The Morgan fingerprint density at radius 1 is 1.47 bits per heavy atom. The molecule has 0 bridgehead atoms. The van der Waals surface area contributed by atoms with Gasteiger partial charge in [0, 0.05) is 36.9 Å². The first kappa shape index (κ1) is 12.3. The number of nitrogens with zero attached hydrogens (tertiary/aromatic N) is 2. The molecule has 4 heteroatoms. The summed E-state index contributed by atoms with van der Waals surface area (Å²) >= 11 is 0. The molecule has 0 spiro atoms. The fourth-order valence-corrected chi connectivity index (χ4v) is 2.31. The molecule has 0 aliphatic carbocycles. The van der Waals surface area contributed by atoms with Crippen molar-refractivity contribution in [3.05, 3.63) is 29.6 Å². The van der Waals surface area contributed by atoms with Crippen molar-refractivity contribution in [3.8, 4) is 0 Å². The molecule has 1 fully saturated rings. The second kappa shape index (κ2) is 5.02. The number of nitrogens with two attached hydrogens (primary N) is 1. The minimum atomic E-state index is -0.196. The molecule has 0 radical (unpaired) electrons. The molecule has 0 saturated carbocycles. The molecule has 0 amide bonds. The summed E-state index contributed by atoms with van der Waals surface area (Å²) in [7, 11) is 4.19. The highest BCUT2D eigenvalue weighted by atomic mass is 19.1. The monoisotopic (exact) mass is 237 g/mol. The van der Waals surface area contributed by atoms with Gasteiger partial charge >= 0.3 is 0 Å². The fraction of sp³-hybridized carbons (Fsp3) is 0.538. The molecule has 3 nitrogen and oxygen atoms in total. The number of likely N-dealkylation sites (N-methyl/N-ethyl adjacent to an activating group) is 1. The molecule has 1 atom stereocenters. The van der Waals surface area contributed by atoms with Gasteiger partial charge in [-0.2, -0.15) is 0 Å². The van der Waals surface area contributed by atoms with E-state index in [4.69, 9.17) is 5.73 Å². The van der Waals surface area contributed by atoms with Crippen molar-refractivity contribution in [1.82, 2.24) is 9.80 Å². The zero-order chi connectivity index (χ0) is 12.4. The van der Waals surface area contributed by atoms with Crippen LogP contribution >= 0.6 is 0 Å². The van der Waals surface area contributed by atoms with Crippen LogP contribution in [0, 0.1) is 5.82 Å². The predicted molar refractivity (Wildman–Crippen MR) is 68.2 cm³/mol. The molecule has 2 N–H and O–H groups in total. The lowest BCUT2D eigenvalue weighted by molar-refractivity contribution is 0.263. The van der Waals surface area contributed by atoms with E-state index in [0.717, 1.165) is 25.1 Å². The summed E-state index contributed by atoms with van der Waals surface area (Å²) in [6.07, 6.45) is 1.16. The number of benzene rings is 1. The van der Waals surface area contributed by atoms with Crippen LogP contribution in [0.25, 0.3) is 0 Å². The van der Waals surface area contributed by atoms with Crippen LogP contribution in [0.3, 0.4) is 0 Å². The molecule has 1 heterocycles. The standard InChI is InChI=1S/C13H20FN3/c1-16(2)12-5-6-17(9-12)8-10-3-4-11(15)7-13(10)14/h3-4,7,12H,5-6,8-9,15H2,1-2H3/t12-/m1/s1. The third-order valence-electron chi connectivity index (χ3n) is 3.45. The summed E-state index contributed by atoms with van der Waals surface area (Å²) in [5, 5.41) is 0. The van der Waals surface area contributed by atoms with E-state index in [1.54, 1.807) is 12.1 Å². The Hall–Kier alpha value is -1.13. The quantitative estimate of drug-likeness (QED) is 0.809. The van der Waals surface area contributed by atoms with E-state index in [0.29, 0.717) is 18.3 Å². The SMILES string of the molecule is CN(C)[C@@H]1CCN(Cc2ccc(N)cc2F)C1. The van der Waals surface area contributed by atoms with E-state index in [1.165, 1.54) is 6.07 Å². The van der Waals surface area contributed by atoms with E-state index in [1.807, 2.05) is 0 Å². The van der Waals surface area contributed by atoms with Crippen LogP contribution in [-0.4, -0.2) is 43.0 Å². The Morgan fingerprint density at radius 2 is 2.24 bits per heavy atom. The van der Waals surface area contributed by atoms with Crippen LogP contribution in [-0.2, 0) is 6.54 Å². The first-order valence-corrected chi connectivity index (χ1v) is 5.99. The lowest BCUT2D eigenvalue weighted by Crippen LogP contribution is -2.31. The van der Waals surface area contributed by atoms with Crippen LogP contribution in [0.2, 0.25) is 0 Å². The minimum Gasteiger partial charge on any atom is -0.399 e. The maximum absolute atomic E-state index is 13.6. The van der Waals surface area contributed by atoms with E-state index in [9.17, 15) is 4.39 Å². The van der Waals surface area contributed by atoms with Crippen LogP contribution in [0.15, 0.2) is 18.2 Å². The number of hydrogen-bond acceptors (Lipinski definition) is 3. The molecule has 0 unspecified atom stereocenters. The summed E-state index contributed by atoms with van der Waals surface area (Å²) in [4.78, 5) is 4.53. The predicted octanol–water partition coefficient (Wildman–Crippen LogP) is 1.54. The van der Waals surface area contributed by atoms with E-state index < -0.39 is 0 Å². The maximum Gasteiger partial charge on any atom is 0.129 e. The van der Waals surface area contributed by atoms with E-state index >= 15 is 0 Å². The second-order valence-electron chi connectivity index (χ2n) is 4.99. The number of anilines is 1. The normalized spacial score (nSPS) is 21.3. The van der Waals surface area contributed by atoms with Crippen molar-refractivity contribution in [2.24, 2.45) is 0 Å². The average Bonchev–Trinajstić information content (AvgIpc) is 2.71. The highest BCUT2D eigenvalue weighted by Crippen LogP contribution is 2.19. The summed E-state index contributed by atoms with van der Waals surface area (Å²) in [5.41, 5.74) is 6.76. The topological polar surface area (TPSA) is 32.5 Å². The third-order valence-corrected chi connectivity index (χ3v) is 3.45. The van der Waals surface area contributed by atoms with Crippen LogP contribution in [0.4, 0.5) is 10.1 Å². The molecule has 17 heavy (non-hydrogen) atoms. The lowest BCUT2D eigenvalue weighted by atomic mass is 10.2. The first-order valence-electron chi connectivity index (χ1n) is 5.99. The smallest absolute Gasteiger partial charge is 0.129 e. The van der Waals surface area contributed by atoms with Gasteiger partial charge in [-0.05, 0) is 32.6 Å². The van der Waals surface area contributed by atoms with Crippen LogP contribution in [0.1, 0.15) is 12.0 Å². The van der Waals surface area contributed by atoms with Gasteiger partial charge < -0.3 is 10.6 Å². The number of nitrogen functional groups attached to an aromatic ring is 1. The van der Waals surface area contributed by atoms with Gasteiger partial charge in [0.05, 0.1) is 0 Å². The maximum atomic E-state index is 13.6. The average molecular weight is 237 g/mol. The largest absolute Gasteiger partial charge is 0.399 e. The van der Waals surface area contributed by atoms with Gasteiger partial charge in [0.2, 0.25) is 0 Å².